The van der Waals surface area contributed by atoms with Crippen molar-refractivity contribution in [2.75, 3.05) is 0 Å². The smallest absolute Gasteiger partial charge is 0.143 e. The summed E-state index contributed by atoms with van der Waals surface area (Å²) in [5.74, 6) is 0.149. The molecule has 0 radical (unpaired) electrons. The fourth-order valence-electron chi connectivity index (χ4n) is 2.27. The summed E-state index contributed by atoms with van der Waals surface area (Å²) < 4.78 is 0. The van der Waals surface area contributed by atoms with Gasteiger partial charge in [-0.25, -0.2) is 0 Å². The summed E-state index contributed by atoms with van der Waals surface area (Å²) in [5.41, 5.74) is 2.43. The van der Waals surface area contributed by atoms with E-state index in [0.29, 0.717) is 5.69 Å². The quantitative estimate of drug-likeness (QED) is 0.628. The van der Waals surface area contributed by atoms with Gasteiger partial charge < -0.3 is 5.11 Å². The molecule has 1 N–H and O–H groups in total. The van der Waals surface area contributed by atoms with Crippen LogP contribution < -0.4 is 0 Å². The Kier molecular flexibility index (Phi) is 3.65. The van der Waals surface area contributed by atoms with Crippen molar-refractivity contribution < 1.29 is 5.11 Å². The Morgan fingerprint density at radius 3 is 2.48 bits per heavy atom. The maximum atomic E-state index is 9.87. The molecule has 0 atom stereocenters. The molecule has 3 heteroatoms. The molecule has 0 saturated carbocycles. The van der Waals surface area contributed by atoms with Gasteiger partial charge in [0.2, 0.25) is 0 Å². The van der Waals surface area contributed by atoms with E-state index in [-0.39, 0.29) is 5.75 Å². The van der Waals surface area contributed by atoms with Crippen LogP contribution in [0.1, 0.15) is 12.5 Å². The van der Waals surface area contributed by atoms with Crippen molar-refractivity contribution in [1.82, 2.24) is 0 Å². The van der Waals surface area contributed by atoms with Crippen molar-refractivity contribution in [3.63, 3.8) is 0 Å². The molecule has 3 rings (SSSR count). The largest absolute Gasteiger partial charge is 0.506 e. The first-order chi connectivity index (χ1) is 10.3. The van der Waals surface area contributed by atoms with Gasteiger partial charge in [0.15, 0.2) is 0 Å². The van der Waals surface area contributed by atoms with E-state index in [2.05, 4.69) is 17.2 Å². The predicted molar refractivity (Wildman–Crippen MR) is 85.6 cm³/mol. The van der Waals surface area contributed by atoms with Crippen molar-refractivity contribution in [3.8, 4) is 5.75 Å². The van der Waals surface area contributed by atoms with Gasteiger partial charge in [0, 0.05) is 5.39 Å². The summed E-state index contributed by atoms with van der Waals surface area (Å²) in [4.78, 5) is 0. The zero-order valence-electron chi connectivity index (χ0n) is 11.8. The predicted octanol–water partition coefficient (Wildman–Crippen LogP) is 5.52. The summed E-state index contributed by atoms with van der Waals surface area (Å²) >= 11 is 0. The van der Waals surface area contributed by atoms with Crippen molar-refractivity contribution >= 4 is 22.1 Å². The number of aromatic hydroxyl groups is 1. The number of nitrogens with zero attached hydrogens (tertiary/aromatic N) is 2. The molecular formula is C18H16N2O. The van der Waals surface area contributed by atoms with Crippen molar-refractivity contribution in [2.24, 2.45) is 10.2 Å². The van der Waals surface area contributed by atoms with Gasteiger partial charge in [-0.3, -0.25) is 0 Å². The number of aryl methyl sites for hydroxylation is 1. The zero-order valence-corrected chi connectivity index (χ0v) is 11.8. The summed E-state index contributed by atoms with van der Waals surface area (Å²) in [7, 11) is 0. The number of benzene rings is 3. The highest BCUT2D eigenvalue weighted by molar-refractivity contribution is 5.92. The first-order valence-electron chi connectivity index (χ1n) is 6.99. The maximum Gasteiger partial charge on any atom is 0.143 e. The monoisotopic (exact) mass is 276 g/mol. The van der Waals surface area contributed by atoms with E-state index in [4.69, 9.17) is 0 Å². The fourth-order valence-corrected chi connectivity index (χ4v) is 2.27. The third-order valence-electron chi connectivity index (χ3n) is 3.48. The fraction of sp³-hybridized carbons (Fsp3) is 0.111. The molecule has 3 aromatic carbocycles. The molecule has 0 fully saturated rings. The summed E-state index contributed by atoms with van der Waals surface area (Å²) in [6, 6.07) is 19.4. The highest BCUT2D eigenvalue weighted by Crippen LogP contribution is 2.31. The highest BCUT2D eigenvalue weighted by atomic mass is 16.3. The van der Waals surface area contributed by atoms with Gasteiger partial charge in [-0.1, -0.05) is 49.4 Å². The standard InChI is InChI=1S/C18H16N2O/c1-2-13-10-11-18(21)17(12-13)20-19-16-9-5-7-14-6-3-4-8-15(14)16/h3-12,21H,2H2,1H3. The van der Waals surface area contributed by atoms with Crippen LogP contribution in [0.2, 0.25) is 0 Å². The van der Waals surface area contributed by atoms with E-state index < -0.39 is 0 Å². The lowest BCUT2D eigenvalue weighted by atomic mass is 10.1. The second-order valence-electron chi connectivity index (χ2n) is 4.87. The minimum atomic E-state index is 0.149. The van der Waals surface area contributed by atoms with Crippen LogP contribution in [-0.4, -0.2) is 5.11 Å². The van der Waals surface area contributed by atoms with E-state index in [1.165, 1.54) is 0 Å². The molecule has 0 amide bonds. The van der Waals surface area contributed by atoms with E-state index in [9.17, 15) is 5.11 Å². The number of phenolic OH excluding ortho intramolecular Hbond substituents is 1. The minimum absolute atomic E-state index is 0.149. The average molecular weight is 276 g/mol. The number of hydrogen-bond donors (Lipinski definition) is 1. The van der Waals surface area contributed by atoms with Gasteiger partial charge in [-0.15, -0.1) is 10.2 Å². The van der Waals surface area contributed by atoms with E-state index in [0.717, 1.165) is 28.4 Å². The molecule has 0 aliphatic rings. The molecule has 21 heavy (non-hydrogen) atoms. The van der Waals surface area contributed by atoms with Crippen LogP contribution >= 0.6 is 0 Å². The van der Waals surface area contributed by atoms with Gasteiger partial charge in [-0.2, -0.15) is 0 Å². The minimum Gasteiger partial charge on any atom is -0.506 e. The van der Waals surface area contributed by atoms with Crippen molar-refractivity contribution in [2.45, 2.75) is 13.3 Å². The molecule has 3 nitrogen and oxygen atoms in total. The number of phenols is 1. The first-order valence-corrected chi connectivity index (χ1v) is 6.99. The summed E-state index contributed by atoms with van der Waals surface area (Å²) in [6.07, 6.45) is 0.900. The third-order valence-corrected chi connectivity index (χ3v) is 3.48. The van der Waals surface area contributed by atoms with Crippen LogP contribution in [0.25, 0.3) is 10.8 Å². The Morgan fingerprint density at radius 1 is 0.857 bits per heavy atom. The van der Waals surface area contributed by atoms with Crippen molar-refractivity contribution in [3.05, 3.63) is 66.2 Å². The van der Waals surface area contributed by atoms with Crippen molar-refractivity contribution in [1.29, 1.82) is 0 Å². The third kappa shape index (κ3) is 2.77. The molecule has 0 saturated heterocycles. The second-order valence-corrected chi connectivity index (χ2v) is 4.87. The lowest BCUT2D eigenvalue weighted by Crippen LogP contribution is -1.78. The number of rotatable bonds is 3. The summed E-state index contributed by atoms with van der Waals surface area (Å²) in [6.45, 7) is 2.07. The van der Waals surface area contributed by atoms with E-state index in [1.54, 1.807) is 6.07 Å². The topological polar surface area (TPSA) is 45.0 Å². The lowest BCUT2D eigenvalue weighted by Gasteiger charge is -2.02. The average Bonchev–Trinajstić information content (AvgIpc) is 2.54. The van der Waals surface area contributed by atoms with E-state index in [1.807, 2.05) is 54.6 Å². The molecule has 0 spiro atoms. The molecule has 0 aliphatic carbocycles. The SMILES string of the molecule is CCc1ccc(O)c(N=Nc2cccc3ccccc23)c1. The Hall–Kier alpha value is -2.68. The van der Waals surface area contributed by atoms with Gasteiger partial charge in [0.05, 0.1) is 5.69 Å². The summed E-state index contributed by atoms with van der Waals surface area (Å²) in [5, 5.41) is 20.6. The molecule has 0 aromatic heterocycles. The van der Waals surface area contributed by atoms with Crippen LogP contribution in [0.15, 0.2) is 70.9 Å². The number of azo groups is 1. The van der Waals surface area contributed by atoms with Crippen LogP contribution in [-0.2, 0) is 6.42 Å². The maximum absolute atomic E-state index is 9.87. The van der Waals surface area contributed by atoms with Gasteiger partial charge in [-0.05, 0) is 35.6 Å². The molecule has 104 valence electrons. The Morgan fingerprint density at radius 2 is 1.62 bits per heavy atom. The number of fused-ring (bicyclic) bond motifs is 1. The molecule has 0 heterocycles. The van der Waals surface area contributed by atoms with Crippen LogP contribution in [0.3, 0.4) is 0 Å². The van der Waals surface area contributed by atoms with Crippen LogP contribution in [0.5, 0.6) is 5.75 Å². The molecular weight excluding hydrogens is 260 g/mol. The second kappa shape index (κ2) is 5.75. The van der Waals surface area contributed by atoms with E-state index >= 15 is 0 Å². The van der Waals surface area contributed by atoms with Crippen LogP contribution in [0.4, 0.5) is 11.4 Å². The van der Waals surface area contributed by atoms with Gasteiger partial charge in [0.1, 0.15) is 11.4 Å². The molecule has 0 bridgehead atoms. The highest BCUT2D eigenvalue weighted by Gasteiger charge is 2.02. The Balaban J connectivity index is 2.02. The normalized spacial score (nSPS) is 11.3. The molecule has 3 aromatic rings. The first kappa shape index (κ1) is 13.3. The Bertz CT molecular complexity index is 804. The lowest BCUT2D eigenvalue weighted by molar-refractivity contribution is 0.476. The van der Waals surface area contributed by atoms with Crippen LogP contribution in [0, 0.1) is 0 Å². The molecule has 0 unspecified atom stereocenters. The Labute approximate surface area is 123 Å². The molecule has 0 aliphatic heterocycles. The van der Waals surface area contributed by atoms with Gasteiger partial charge >= 0.3 is 0 Å². The van der Waals surface area contributed by atoms with Gasteiger partial charge in [0.25, 0.3) is 0 Å². The zero-order chi connectivity index (χ0) is 14.7. The number of hydrogen-bond acceptors (Lipinski definition) is 3.